The van der Waals surface area contributed by atoms with Crippen LogP contribution < -0.4 is 10.1 Å². The summed E-state index contributed by atoms with van der Waals surface area (Å²) in [5.74, 6) is 2.36. The van der Waals surface area contributed by atoms with Gasteiger partial charge in [-0.15, -0.1) is 6.42 Å². The Labute approximate surface area is 155 Å². The molecule has 0 fully saturated rings. The van der Waals surface area contributed by atoms with Gasteiger partial charge in [0.1, 0.15) is 24.0 Å². The molecule has 2 aromatic rings. The van der Waals surface area contributed by atoms with E-state index in [1.165, 1.54) is 12.1 Å². The minimum Gasteiger partial charge on any atom is -0.481 e. The van der Waals surface area contributed by atoms with E-state index >= 15 is 0 Å². The topological polar surface area (TPSA) is 62.1 Å². The number of carbonyl (C=O) groups excluding carboxylic acids is 1. The molecule has 0 atom stereocenters. The van der Waals surface area contributed by atoms with E-state index in [9.17, 15) is 10.1 Å². The fourth-order valence-electron chi connectivity index (χ4n) is 1.91. The molecule has 0 spiro atoms. The van der Waals surface area contributed by atoms with E-state index in [0.717, 1.165) is 0 Å². The van der Waals surface area contributed by atoms with Crippen LogP contribution in [0.4, 0.5) is 5.69 Å². The lowest BCUT2D eigenvalue weighted by Gasteiger charge is -2.06. The molecule has 2 aromatic carbocycles. The van der Waals surface area contributed by atoms with Crippen molar-refractivity contribution in [2.45, 2.75) is 0 Å². The maximum atomic E-state index is 12.3. The molecule has 0 aliphatic carbocycles. The van der Waals surface area contributed by atoms with Gasteiger partial charge in [-0.1, -0.05) is 41.3 Å². The molecular weight excluding hydrogens is 359 g/mol. The fraction of sp³-hybridized carbons (Fsp3) is 0.0526. The standard InChI is InChI=1S/C19H12Cl2N2O2/c1-2-8-25-16-5-3-4-13(10-16)9-14(12-22)19(24)23-15-6-7-17(20)18(21)11-15/h1,3-7,9-11H,8H2,(H,23,24)/b14-9-. The SMILES string of the molecule is C#CCOc1cccc(/C=C(/C#N)C(=O)Nc2ccc(Cl)c(Cl)c2)c1. The zero-order valence-electron chi connectivity index (χ0n) is 12.9. The summed E-state index contributed by atoms with van der Waals surface area (Å²) in [7, 11) is 0. The summed E-state index contributed by atoms with van der Waals surface area (Å²) in [6, 6.07) is 13.4. The molecule has 0 unspecified atom stereocenters. The number of rotatable bonds is 5. The van der Waals surface area contributed by atoms with E-state index in [1.807, 2.05) is 6.07 Å². The summed E-state index contributed by atoms with van der Waals surface area (Å²) in [6.45, 7) is 0.135. The van der Waals surface area contributed by atoms with Gasteiger partial charge in [0.2, 0.25) is 0 Å². The van der Waals surface area contributed by atoms with Gasteiger partial charge in [-0.25, -0.2) is 0 Å². The Balaban J connectivity index is 2.19. The second-order valence-electron chi connectivity index (χ2n) is 4.82. The summed E-state index contributed by atoms with van der Waals surface area (Å²) in [4.78, 5) is 12.3. The van der Waals surface area contributed by atoms with Crippen molar-refractivity contribution in [3.8, 4) is 24.2 Å². The number of halogens is 2. The zero-order valence-corrected chi connectivity index (χ0v) is 14.4. The third kappa shape index (κ3) is 5.29. The molecule has 0 bridgehead atoms. The van der Waals surface area contributed by atoms with E-state index in [-0.39, 0.29) is 12.2 Å². The number of hydrogen-bond donors (Lipinski definition) is 1. The van der Waals surface area contributed by atoms with Crippen LogP contribution in [0.25, 0.3) is 6.08 Å². The molecule has 4 nitrogen and oxygen atoms in total. The molecule has 25 heavy (non-hydrogen) atoms. The van der Waals surface area contributed by atoms with Crippen LogP contribution in [0.1, 0.15) is 5.56 Å². The van der Waals surface area contributed by atoms with Gasteiger partial charge < -0.3 is 10.1 Å². The van der Waals surface area contributed by atoms with Crippen molar-refractivity contribution in [1.29, 1.82) is 5.26 Å². The molecule has 0 saturated heterocycles. The highest BCUT2D eigenvalue weighted by molar-refractivity contribution is 6.42. The van der Waals surface area contributed by atoms with E-state index in [1.54, 1.807) is 36.4 Å². The summed E-state index contributed by atoms with van der Waals surface area (Å²) < 4.78 is 5.32. The smallest absolute Gasteiger partial charge is 0.266 e. The first-order valence-electron chi connectivity index (χ1n) is 7.08. The zero-order chi connectivity index (χ0) is 18.2. The Morgan fingerprint density at radius 1 is 1.24 bits per heavy atom. The Morgan fingerprint density at radius 2 is 2.04 bits per heavy atom. The number of carbonyl (C=O) groups is 1. The number of nitriles is 1. The van der Waals surface area contributed by atoms with Crippen LogP contribution >= 0.6 is 23.2 Å². The molecule has 1 N–H and O–H groups in total. The molecule has 0 aliphatic heterocycles. The van der Waals surface area contributed by atoms with Crippen LogP contribution in [-0.2, 0) is 4.79 Å². The van der Waals surface area contributed by atoms with Gasteiger partial charge >= 0.3 is 0 Å². The molecular formula is C19H12Cl2N2O2. The Kier molecular flexibility index (Phi) is 6.48. The number of hydrogen-bond acceptors (Lipinski definition) is 3. The quantitative estimate of drug-likeness (QED) is 0.477. The van der Waals surface area contributed by atoms with Crippen LogP contribution in [0, 0.1) is 23.7 Å². The van der Waals surface area contributed by atoms with Crippen molar-refractivity contribution in [3.05, 3.63) is 63.6 Å². The molecule has 0 saturated carbocycles. The minimum atomic E-state index is -0.559. The number of nitrogens with one attached hydrogen (secondary N) is 1. The van der Waals surface area contributed by atoms with Crippen molar-refractivity contribution in [1.82, 2.24) is 0 Å². The maximum absolute atomic E-state index is 12.3. The molecule has 0 aliphatic rings. The van der Waals surface area contributed by atoms with Crippen molar-refractivity contribution in [3.63, 3.8) is 0 Å². The lowest BCUT2D eigenvalue weighted by atomic mass is 10.1. The average molecular weight is 371 g/mol. The largest absolute Gasteiger partial charge is 0.481 e. The number of terminal acetylenes is 1. The Bertz CT molecular complexity index is 908. The molecule has 0 aromatic heterocycles. The van der Waals surface area contributed by atoms with Crippen LogP contribution in [0.3, 0.4) is 0 Å². The second kappa shape index (κ2) is 8.80. The lowest BCUT2D eigenvalue weighted by Crippen LogP contribution is -2.13. The van der Waals surface area contributed by atoms with Gasteiger partial charge in [-0.2, -0.15) is 5.26 Å². The van der Waals surface area contributed by atoms with Gasteiger partial charge in [0, 0.05) is 5.69 Å². The number of amides is 1. The van der Waals surface area contributed by atoms with Gasteiger partial charge in [0.15, 0.2) is 0 Å². The summed E-state index contributed by atoms with van der Waals surface area (Å²) in [6.07, 6.45) is 6.60. The second-order valence-corrected chi connectivity index (χ2v) is 5.63. The Hall–Kier alpha value is -2.92. The lowest BCUT2D eigenvalue weighted by molar-refractivity contribution is -0.112. The van der Waals surface area contributed by atoms with E-state index in [0.29, 0.717) is 27.0 Å². The summed E-state index contributed by atoms with van der Waals surface area (Å²) in [5.41, 5.74) is 1.00. The third-order valence-electron chi connectivity index (χ3n) is 3.03. The predicted octanol–water partition coefficient (Wildman–Crippen LogP) is 4.55. The molecule has 124 valence electrons. The highest BCUT2D eigenvalue weighted by Crippen LogP contribution is 2.25. The first-order valence-corrected chi connectivity index (χ1v) is 7.83. The van der Waals surface area contributed by atoms with Crippen LogP contribution in [-0.4, -0.2) is 12.5 Å². The molecule has 0 heterocycles. The van der Waals surface area contributed by atoms with Gasteiger partial charge in [-0.3, -0.25) is 4.79 Å². The molecule has 2 rings (SSSR count). The first-order chi connectivity index (χ1) is 12.0. The van der Waals surface area contributed by atoms with Crippen LogP contribution in [0.5, 0.6) is 5.75 Å². The number of anilines is 1. The van der Waals surface area contributed by atoms with Crippen molar-refractivity contribution in [2.24, 2.45) is 0 Å². The third-order valence-corrected chi connectivity index (χ3v) is 3.77. The van der Waals surface area contributed by atoms with E-state index < -0.39 is 5.91 Å². The molecule has 6 heteroatoms. The number of benzene rings is 2. The highest BCUT2D eigenvalue weighted by Gasteiger charge is 2.10. The average Bonchev–Trinajstić information content (AvgIpc) is 2.61. The Morgan fingerprint density at radius 3 is 2.72 bits per heavy atom. The van der Waals surface area contributed by atoms with Gasteiger partial charge in [0.05, 0.1) is 10.0 Å². The van der Waals surface area contributed by atoms with Crippen LogP contribution in [0.2, 0.25) is 10.0 Å². The van der Waals surface area contributed by atoms with Crippen molar-refractivity contribution >= 4 is 40.9 Å². The highest BCUT2D eigenvalue weighted by atomic mass is 35.5. The first kappa shape index (κ1) is 18.4. The summed E-state index contributed by atoms with van der Waals surface area (Å²) in [5, 5.41) is 12.5. The monoisotopic (exact) mass is 370 g/mol. The van der Waals surface area contributed by atoms with Crippen LogP contribution in [0.15, 0.2) is 48.0 Å². The number of nitrogens with zero attached hydrogens (tertiary/aromatic N) is 1. The van der Waals surface area contributed by atoms with E-state index in [2.05, 4.69) is 11.2 Å². The van der Waals surface area contributed by atoms with Crippen molar-refractivity contribution < 1.29 is 9.53 Å². The number of ether oxygens (including phenoxy) is 1. The van der Waals surface area contributed by atoms with E-state index in [4.69, 9.17) is 34.4 Å². The minimum absolute atomic E-state index is 0.0693. The molecule has 0 radical (unpaired) electrons. The fourth-order valence-corrected chi connectivity index (χ4v) is 2.20. The van der Waals surface area contributed by atoms with Crippen molar-refractivity contribution in [2.75, 3.05) is 11.9 Å². The predicted molar refractivity (Wildman–Crippen MR) is 99.5 cm³/mol. The normalized spacial score (nSPS) is 10.5. The van der Waals surface area contributed by atoms with Gasteiger partial charge in [0.25, 0.3) is 5.91 Å². The summed E-state index contributed by atoms with van der Waals surface area (Å²) >= 11 is 11.7. The maximum Gasteiger partial charge on any atom is 0.266 e. The molecule has 1 amide bonds. The van der Waals surface area contributed by atoms with Gasteiger partial charge in [-0.05, 0) is 42.0 Å².